The Hall–Kier alpha value is -1.24. The van der Waals surface area contributed by atoms with Crippen LogP contribution in [0.3, 0.4) is 0 Å². The third-order valence-corrected chi connectivity index (χ3v) is 4.33. The van der Waals surface area contributed by atoms with E-state index in [2.05, 4.69) is 64.7 Å². The van der Waals surface area contributed by atoms with Crippen LogP contribution in [0.25, 0.3) is 0 Å². The van der Waals surface area contributed by atoms with Gasteiger partial charge in [-0.2, -0.15) is 0 Å². The number of rotatable bonds is 7. The molecule has 0 radical (unpaired) electrons. The summed E-state index contributed by atoms with van der Waals surface area (Å²) in [6, 6.07) is 0.654. The van der Waals surface area contributed by atoms with Crippen molar-refractivity contribution in [1.29, 1.82) is 0 Å². The lowest BCUT2D eigenvalue weighted by atomic mass is 9.92. The van der Waals surface area contributed by atoms with Crippen molar-refractivity contribution in [1.82, 2.24) is 5.32 Å². The van der Waals surface area contributed by atoms with Gasteiger partial charge < -0.3 is 5.32 Å². The molecule has 1 fully saturated rings. The number of nitrogens with one attached hydrogen (secondary N) is 1. The van der Waals surface area contributed by atoms with Gasteiger partial charge >= 0.3 is 0 Å². The van der Waals surface area contributed by atoms with Crippen molar-refractivity contribution in [2.45, 2.75) is 66.3 Å². The molecular formula is C19H31N. The minimum Gasteiger partial charge on any atom is -0.383 e. The van der Waals surface area contributed by atoms with Gasteiger partial charge in [0.2, 0.25) is 0 Å². The predicted molar refractivity (Wildman–Crippen MR) is 90.6 cm³/mol. The van der Waals surface area contributed by atoms with Crippen molar-refractivity contribution in [3.8, 4) is 0 Å². The second kappa shape index (κ2) is 8.14. The summed E-state index contributed by atoms with van der Waals surface area (Å²) in [5.41, 5.74) is 4.97. The van der Waals surface area contributed by atoms with E-state index in [-0.39, 0.29) is 0 Å². The summed E-state index contributed by atoms with van der Waals surface area (Å²) in [6.45, 7) is 15.1. The van der Waals surface area contributed by atoms with Crippen LogP contribution in [-0.2, 0) is 0 Å². The molecule has 0 amide bonds. The highest BCUT2D eigenvalue weighted by Crippen LogP contribution is 2.21. The zero-order valence-electron chi connectivity index (χ0n) is 13.9. The van der Waals surface area contributed by atoms with Crippen LogP contribution in [0.1, 0.15) is 60.3 Å². The quantitative estimate of drug-likeness (QED) is 0.602. The molecular weight excluding hydrogens is 242 g/mol. The highest BCUT2D eigenvalue weighted by molar-refractivity contribution is 5.37. The van der Waals surface area contributed by atoms with Crippen molar-refractivity contribution in [3.63, 3.8) is 0 Å². The van der Waals surface area contributed by atoms with Crippen LogP contribution >= 0.6 is 0 Å². The van der Waals surface area contributed by atoms with Gasteiger partial charge in [-0.05, 0) is 62.7 Å². The summed E-state index contributed by atoms with van der Waals surface area (Å²) in [6.07, 6.45) is 11.9. The zero-order chi connectivity index (χ0) is 15.1. The Bertz CT molecular complexity index is 419. The zero-order valence-corrected chi connectivity index (χ0v) is 13.9. The summed E-state index contributed by atoms with van der Waals surface area (Å²) in [5.74, 6) is 0.651. The molecule has 1 N–H and O–H groups in total. The van der Waals surface area contributed by atoms with E-state index in [1.54, 1.807) is 0 Å². The van der Waals surface area contributed by atoms with E-state index >= 15 is 0 Å². The summed E-state index contributed by atoms with van der Waals surface area (Å²) in [7, 11) is 0. The van der Waals surface area contributed by atoms with Crippen LogP contribution in [0.5, 0.6) is 0 Å². The van der Waals surface area contributed by atoms with Crippen molar-refractivity contribution >= 4 is 0 Å². The molecule has 0 heterocycles. The third kappa shape index (κ3) is 5.40. The molecule has 0 aromatic carbocycles. The lowest BCUT2D eigenvalue weighted by molar-refractivity contribution is 0.366. The minimum atomic E-state index is 0.651. The Morgan fingerprint density at radius 1 is 1.25 bits per heavy atom. The predicted octanol–water partition coefficient (Wildman–Crippen LogP) is 5.53. The number of hydrogen-bond donors (Lipinski definition) is 1. The van der Waals surface area contributed by atoms with Crippen LogP contribution in [0.15, 0.2) is 47.2 Å². The molecule has 0 saturated heterocycles. The molecule has 1 aliphatic rings. The van der Waals surface area contributed by atoms with Gasteiger partial charge in [-0.15, -0.1) is 0 Å². The molecule has 1 atom stereocenters. The van der Waals surface area contributed by atoms with E-state index in [9.17, 15) is 0 Å². The van der Waals surface area contributed by atoms with Crippen molar-refractivity contribution in [2.24, 2.45) is 5.92 Å². The Morgan fingerprint density at radius 2 is 1.90 bits per heavy atom. The van der Waals surface area contributed by atoms with E-state index in [0.717, 1.165) is 5.70 Å². The molecule has 1 rings (SSSR count). The summed E-state index contributed by atoms with van der Waals surface area (Å²) in [5, 5.41) is 3.52. The van der Waals surface area contributed by atoms with E-state index < -0.39 is 0 Å². The molecule has 0 aromatic rings. The SMILES string of the molecule is C=C(NC1CCC1)/C(C)=C/C(C)=C(C)/C=C\C(C)CC. The van der Waals surface area contributed by atoms with Gasteiger partial charge in [-0.3, -0.25) is 0 Å². The maximum atomic E-state index is 4.16. The van der Waals surface area contributed by atoms with Gasteiger partial charge in [0.15, 0.2) is 0 Å². The Morgan fingerprint density at radius 3 is 2.40 bits per heavy atom. The van der Waals surface area contributed by atoms with E-state index in [1.165, 1.54) is 42.4 Å². The molecule has 1 aliphatic carbocycles. The molecule has 20 heavy (non-hydrogen) atoms. The van der Waals surface area contributed by atoms with Gasteiger partial charge in [0, 0.05) is 11.7 Å². The molecule has 0 spiro atoms. The Balaban J connectivity index is 2.64. The Labute approximate surface area is 125 Å². The molecule has 1 nitrogen and oxygen atoms in total. The molecule has 0 bridgehead atoms. The number of allylic oxidation sites excluding steroid dienone is 6. The largest absolute Gasteiger partial charge is 0.383 e. The summed E-state index contributed by atoms with van der Waals surface area (Å²) < 4.78 is 0. The highest BCUT2D eigenvalue weighted by Gasteiger charge is 2.17. The summed E-state index contributed by atoms with van der Waals surface area (Å²) >= 11 is 0. The maximum absolute atomic E-state index is 4.16. The molecule has 0 aliphatic heterocycles. The molecule has 1 unspecified atom stereocenters. The van der Waals surface area contributed by atoms with Gasteiger partial charge in [0.1, 0.15) is 0 Å². The first-order valence-electron chi connectivity index (χ1n) is 7.93. The highest BCUT2D eigenvalue weighted by atomic mass is 14.9. The molecule has 1 heteroatoms. The van der Waals surface area contributed by atoms with Crippen molar-refractivity contribution in [2.75, 3.05) is 0 Å². The number of hydrogen-bond acceptors (Lipinski definition) is 1. The first-order valence-corrected chi connectivity index (χ1v) is 7.93. The van der Waals surface area contributed by atoms with Gasteiger partial charge in [-0.1, -0.05) is 45.1 Å². The first kappa shape index (κ1) is 16.8. The second-order valence-electron chi connectivity index (χ2n) is 6.19. The second-order valence-corrected chi connectivity index (χ2v) is 6.19. The third-order valence-electron chi connectivity index (χ3n) is 4.33. The van der Waals surface area contributed by atoms with E-state index in [4.69, 9.17) is 0 Å². The first-order chi connectivity index (χ1) is 9.43. The topological polar surface area (TPSA) is 12.0 Å². The van der Waals surface area contributed by atoms with E-state index in [1.807, 2.05) is 0 Å². The fourth-order valence-electron chi connectivity index (χ4n) is 2.01. The monoisotopic (exact) mass is 273 g/mol. The maximum Gasteiger partial charge on any atom is 0.0299 e. The average molecular weight is 273 g/mol. The van der Waals surface area contributed by atoms with Crippen LogP contribution in [-0.4, -0.2) is 6.04 Å². The minimum absolute atomic E-state index is 0.651. The van der Waals surface area contributed by atoms with Gasteiger partial charge in [0.25, 0.3) is 0 Å². The fraction of sp³-hybridized carbons (Fsp3) is 0.579. The molecule has 0 aromatic heterocycles. The molecule has 112 valence electrons. The Kier molecular flexibility index (Phi) is 6.84. The summed E-state index contributed by atoms with van der Waals surface area (Å²) in [4.78, 5) is 0. The lowest BCUT2D eigenvalue weighted by Gasteiger charge is -2.28. The van der Waals surface area contributed by atoms with Crippen LogP contribution < -0.4 is 5.32 Å². The molecule has 1 saturated carbocycles. The lowest BCUT2D eigenvalue weighted by Crippen LogP contribution is -2.34. The van der Waals surface area contributed by atoms with E-state index in [0.29, 0.717) is 12.0 Å². The normalized spacial score (nSPS) is 19.6. The standard InChI is InChI=1S/C19H31N/c1-7-14(2)11-12-15(3)16(4)13-17(5)18(6)20-19-9-8-10-19/h11-14,19-20H,6-10H2,1-5H3/b12-11-,16-15+,17-13+. The van der Waals surface area contributed by atoms with Crippen LogP contribution in [0, 0.1) is 5.92 Å². The average Bonchev–Trinajstić information content (AvgIpc) is 2.38. The van der Waals surface area contributed by atoms with Crippen molar-refractivity contribution in [3.05, 3.63) is 47.2 Å². The van der Waals surface area contributed by atoms with Crippen LogP contribution in [0.2, 0.25) is 0 Å². The van der Waals surface area contributed by atoms with Gasteiger partial charge in [0.05, 0.1) is 0 Å². The fourth-order valence-corrected chi connectivity index (χ4v) is 2.01. The van der Waals surface area contributed by atoms with Crippen LogP contribution in [0.4, 0.5) is 0 Å². The van der Waals surface area contributed by atoms with Crippen molar-refractivity contribution < 1.29 is 0 Å². The van der Waals surface area contributed by atoms with Gasteiger partial charge in [-0.25, -0.2) is 0 Å². The smallest absolute Gasteiger partial charge is 0.0299 e.